The number of aromatic nitrogens is 1. The van der Waals surface area contributed by atoms with E-state index in [0.717, 1.165) is 25.5 Å². The predicted octanol–water partition coefficient (Wildman–Crippen LogP) is 2.80. The Hall–Kier alpha value is -0.410. The van der Waals surface area contributed by atoms with Gasteiger partial charge in [0.1, 0.15) is 0 Å². The fourth-order valence-electron chi connectivity index (χ4n) is 1.65. The molecule has 0 amide bonds. The zero-order chi connectivity index (χ0) is 15.7. The van der Waals surface area contributed by atoms with Crippen molar-refractivity contribution < 1.29 is 4.74 Å². The van der Waals surface area contributed by atoms with Gasteiger partial charge >= 0.3 is 0 Å². The molecule has 1 rings (SSSR count). The summed E-state index contributed by atoms with van der Waals surface area (Å²) in [7, 11) is 1.69. The van der Waals surface area contributed by atoms with E-state index in [1.165, 1.54) is 10.7 Å². The van der Waals surface area contributed by atoms with Crippen LogP contribution in [0.25, 0.3) is 0 Å². The molecular weight excluding hydrogens is 411 g/mol. The van der Waals surface area contributed by atoms with Crippen LogP contribution in [0.15, 0.2) is 10.4 Å². The molecule has 1 aromatic rings. The van der Waals surface area contributed by atoms with Crippen LogP contribution in [-0.4, -0.2) is 44.3 Å². The number of nitrogens with zero attached hydrogens (tertiary/aromatic N) is 2. The molecule has 7 heteroatoms. The Morgan fingerprint density at radius 3 is 2.64 bits per heavy atom. The van der Waals surface area contributed by atoms with Crippen LogP contribution in [0.1, 0.15) is 38.4 Å². The van der Waals surface area contributed by atoms with E-state index in [9.17, 15) is 0 Å². The summed E-state index contributed by atoms with van der Waals surface area (Å²) in [6.45, 7) is 11.6. The topological polar surface area (TPSA) is 58.5 Å². The second kappa shape index (κ2) is 11.2. The maximum Gasteiger partial charge on any atom is 0.191 e. The normalized spacial score (nSPS) is 12.0. The lowest BCUT2D eigenvalue weighted by Gasteiger charge is -2.14. The van der Waals surface area contributed by atoms with Gasteiger partial charge in [-0.1, -0.05) is 20.8 Å². The SMILES string of the molecule is CCNC(=NCCOC)NCCc1nc(C(C)(C)C)cs1.I. The minimum atomic E-state index is 0. The summed E-state index contributed by atoms with van der Waals surface area (Å²) in [4.78, 5) is 9.13. The molecular formula is C15H29IN4OS. The first-order valence-electron chi connectivity index (χ1n) is 7.43. The van der Waals surface area contributed by atoms with Crippen LogP contribution in [0.5, 0.6) is 0 Å². The third kappa shape index (κ3) is 8.28. The van der Waals surface area contributed by atoms with Gasteiger partial charge in [-0.05, 0) is 6.92 Å². The van der Waals surface area contributed by atoms with Crippen LogP contribution in [0.4, 0.5) is 0 Å². The number of aliphatic imine (C=N–C) groups is 1. The van der Waals surface area contributed by atoms with Gasteiger partial charge < -0.3 is 15.4 Å². The summed E-state index contributed by atoms with van der Waals surface area (Å²) in [6.07, 6.45) is 0.912. The van der Waals surface area contributed by atoms with Crippen molar-refractivity contribution in [1.29, 1.82) is 0 Å². The Balaban J connectivity index is 0.00000441. The summed E-state index contributed by atoms with van der Waals surface area (Å²) in [5.74, 6) is 0.835. The number of methoxy groups -OCH3 is 1. The van der Waals surface area contributed by atoms with Gasteiger partial charge in [-0.2, -0.15) is 0 Å². The van der Waals surface area contributed by atoms with E-state index in [4.69, 9.17) is 9.72 Å². The van der Waals surface area contributed by atoms with Crippen LogP contribution >= 0.6 is 35.3 Å². The van der Waals surface area contributed by atoms with Crippen molar-refractivity contribution in [1.82, 2.24) is 15.6 Å². The first-order chi connectivity index (χ1) is 9.97. The van der Waals surface area contributed by atoms with Crippen molar-refractivity contribution in [2.75, 3.05) is 33.4 Å². The highest BCUT2D eigenvalue weighted by molar-refractivity contribution is 14.0. The summed E-state index contributed by atoms with van der Waals surface area (Å²) in [6, 6.07) is 0. The molecule has 0 aromatic carbocycles. The molecule has 0 fully saturated rings. The number of rotatable bonds is 7. The van der Waals surface area contributed by atoms with Gasteiger partial charge in [-0.3, -0.25) is 4.99 Å². The lowest BCUT2D eigenvalue weighted by Crippen LogP contribution is -2.38. The van der Waals surface area contributed by atoms with Crippen molar-refractivity contribution in [3.63, 3.8) is 0 Å². The number of hydrogen-bond donors (Lipinski definition) is 2. The number of hydrogen-bond acceptors (Lipinski definition) is 4. The first kappa shape index (κ1) is 21.6. The van der Waals surface area contributed by atoms with Gasteiger partial charge in [0.25, 0.3) is 0 Å². The second-order valence-electron chi connectivity index (χ2n) is 5.81. The number of thiazole rings is 1. The van der Waals surface area contributed by atoms with Crippen LogP contribution < -0.4 is 10.6 Å². The minimum Gasteiger partial charge on any atom is -0.383 e. The Morgan fingerprint density at radius 2 is 2.09 bits per heavy atom. The molecule has 0 aliphatic heterocycles. The van der Waals surface area contributed by atoms with Gasteiger partial charge in [0.2, 0.25) is 0 Å². The quantitative estimate of drug-likeness (QED) is 0.296. The van der Waals surface area contributed by atoms with Crippen molar-refractivity contribution >= 4 is 41.3 Å². The Bertz CT molecular complexity index is 443. The molecule has 2 N–H and O–H groups in total. The maximum absolute atomic E-state index is 5.01. The monoisotopic (exact) mass is 440 g/mol. The third-order valence-corrected chi connectivity index (χ3v) is 3.77. The molecule has 0 radical (unpaired) electrons. The average molecular weight is 440 g/mol. The van der Waals surface area contributed by atoms with E-state index in [2.05, 4.69) is 48.7 Å². The summed E-state index contributed by atoms with van der Waals surface area (Å²) < 4.78 is 5.01. The van der Waals surface area contributed by atoms with Crippen molar-refractivity contribution in [3.05, 3.63) is 16.1 Å². The van der Waals surface area contributed by atoms with Crippen molar-refractivity contribution in [2.45, 2.75) is 39.5 Å². The average Bonchev–Trinajstić information content (AvgIpc) is 2.88. The van der Waals surface area contributed by atoms with Crippen LogP contribution in [-0.2, 0) is 16.6 Å². The molecule has 0 aliphatic rings. The minimum absolute atomic E-state index is 0. The smallest absolute Gasteiger partial charge is 0.191 e. The molecule has 1 aromatic heterocycles. The Labute approximate surface area is 155 Å². The molecule has 0 atom stereocenters. The molecule has 0 saturated heterocycles. The van der Waals surface area contributed by atoms with E-state index in [1.54, 1.807) is 18.4 Å². The molecule has 1 heterocycles. The molecule has 22 heavy (non-hydrogen) atoms. The first-order valence-corrected chi connectivity index (χ1v) is 8.31. The van der Waals surface area contributed by atoms with Crippen molar-refractivity contribution in [3.8, 4) is 0 Å². The number of nitrogens with one attached hydrogen (secondary N) is 2. The molecule has 0 unspecified atom stereocenters. The van der Waals surface area contributed by atoms with Gasteiger partial charge in [0.15, 0.2) is 5.96 Å². The predicted molar refractivity (Wildman–Crippen MR) is 106 cm³/mol. The van der Waals surface area contributed by atoms with E-state index >= 15 is 0 Å². The van der Waals surface area contributed by atoms with Gasteiger partial charge in [-0.25, -0.2) is 4.98 Å². The van der Waals surface area contributed by atoms with Crippen LogP contribution in [0.2, 0.25) is 0 Å². The van der Waals surface area contributed by atoms with Gasteiger partial charge in [-0.15, -0.1) is 35.3 Å². The molecule has 5 nitrogen and oxygen atoms in total. The molecule has 0 aliphatic carbocycles. The Morgan fingerprint density at radius 1 is 1.36 bits per heavy atom. The highest BCUT2D eigenvalue weighted by Crippen LogP contribution is 2.23. The molecule has 0 bridgehead atoms. The Kier molecular flexibility index (Phi) is 11.0. The van der Waals surface area contributed by atoms with E-state index in [0.29, 0.717) is 13.2 Å². The number of ether oxygens (including phenoxy) is 1. The van der Waals surface area contributed by atoms with Gasteiger partial charge in [0, 0.05) is 37.4 Å². The van der Waals surface area contributed by atoms with E-state index in [-0.39, 0.29) is 29.4 Å². The summed E-state index contributed by atoms with van der Waals surface area (Å²) in [5.41, 5.74) is 1.29. The van der Waals surface area contributed by atoms with E-state index < -0.39 is 0 Å². The molecule has 0 saturated carbocycles. The third-order valence-electron chi connectivity index (χ3n) is 2.86. The summed E-state index contributed by atoms with van der Waals surface area (Å²) >= 11 is 1.73. The molecule has 128 valence electrons. The number of guanidine groups is 1. The lowest BCUT2D eigenvalue weighted by atomic mass is 9.93. The standard InChI is InChI=1S/C15H28N4OS.HI/c1-6-16-14(18-9-10-20-5)17-8-7-13-19-12(11-21-13)15(2,3)4;/h11H,6-10H2,1-5H3,(H2,16,17,18);1H. The fraction of sp³-hybridized carbons (Fsp3) is 0.733. The molecule has 0 spiro atoms. The second-order valence-corrected chi connectivity index (χ2v) is 6.75. The zero-order valence-corrected chi connectivity index (χ0v) is 17.4. The maximum atomic E-state index is 5.01. The van der Waals surface area contributed by atoms with E-state index in [1.807, 2.05) is 0 Å². The zero-order valence-electron chi connectivity index (χ0n) is 14.2. The van der Waals surface area contributed by atoms with Crippen molar-refractivity contribution in [2.24, 2.45) is 4.99 Å². The fourth-order valence-corrected chi connectivity index (χ4v) is 2.67. The summed E-state index contributed by atoms with van der Waals surface area (Å²) in [5, 5.41) is 9.88. The lowest BCUT2D eigenvalue weighted by molar-refractivity contribution is 0.208. The highest BCUT2D eigenvalue weighted by atomic mass is 127. The largest absolute Gasteiger partial charge is 0.383 e. The van der Waals surface area contributed by atoms with Gasteiger partial charge in [0.05, 0.1) is 23.9 Å². The van der Waals surface area contributed by atoms with Crippen LogP contribution in [0, 0.1) is 0 Å². The highest BCUT2D eigenvalue weighted by Gasteiger charge is 2.17. The number of halogens is 1. The van der Waals surface area contributed by atoms with Crippen LogP contribution in [0.3, 0.4) is 0 Å².